The van der Waals surface area contributed by atoms with Crippen molar-refractivity contribution in [2.24, 2.45) is 5.92 Å². The number of piperazine rings is 1. The minimum atomic E-state index is 0. The first kappa shape index (κ1) is 22.6. The van der Waals surface area contributed by atoms with E-state index in [0.717, 1.165) is 57.8 Å². The van der Waals surface area contributed by atoms with E-state index in [4.69, 9.17) is 21.1 Å². The van der Waals surface area contributed by atoms with Crippen molar-refractivity contribution in [3.8, 4) is 11.5 Å². The van der Waals surface area contributed by atoms with Gasteiger partial charge in [-0.2, -0.15) is 0 Å². The molecule has 0 radical (unpaired) electrons. The van der Waals surface area contributed by atoms with Gasteiger partial charge in [-0.25, -0.2) is 0 Å². The molecular weight excluding hydrogens is 387 g/mol. The highest BCUT2D eigenvalue weighted by atomic mass is 35.5. The molecule has 0 bridgehead atoms. The Morgan fingerprint density at radius 3 is 2.48 bits per heavy atom. The summed E-state index contributed by atoms with van der Waals surface area (Å²) in [6.07, 6.45) is 1.98. The average molecular weight is 414 g/mol. The van der Waals surface area contributed by atoms with Crippen molar-refractivity contribution in [2.45, 2.75) is 18.9 Å². The fourth-order valence-electron chi connectivity index (χ4n) is 3.74. The molecule has 0 saturated carbocycles. The highest BCUT2D eigenvalue weighted by Crippen LogP contribution is 2.46. The molecule has 0 aliphatic carbocycles. The van der Waals surface area contributed by atoms with E-state index in [-0.39, 0.29) is 36.6 Å². The number of methoxy groups -OCH3 is 1. The van der Waals surface area contributed by atoms with Crippen molar-refractivity contribution in [2.75, 3.05) is 46.5 Å². The fourth-order valence-corrected chi connectivity index (χ4v) is 3.90. The molecule has 2 fully saturated rings. The van der Waals surface area contributed by atoms with Crippen LogP contribution in [0.1, 0.15) is 24.4 Å². The molecular formula is C17H27Cl3N2O3. The minimum Gasteiger partial charge on any atom is -0.506 e. The van der Waals surface area contributed by atoms with Gasteiger partial charge in [-0.05, 0) is 30.9 Å². The summed E-state index contributed by atoms with van der Waals surface area (Å²) in [5.41, 5.74) is 0.828. The lowest BCUT2D eigenvalue weighted by atomic mass is 9.84. The third-order valence-corrected chi connectivity index (χ3v) is 5.21. The maximum absolute atomic E-state index is 10.7. The van der Waals surface area contributed by atoms with Gasteiger partial charge in [-0.15, -0.1) is 24.8 Å². The van der Waals surface area contributed by atoms with Gasteiger partial charge in [0.05, 0.1) is 17.7 Å². The van der Waals surface area contributed by atoms with Gasteiger partial charge < -0.3 is 19.9 Å². The lowest BCUT2D eigenvalue weighted by Crippen LogP contribution is -2.47. The number of phenolic OH excluding ortho intramolecular Hbond substituents is 1. The van der Waals surface area contributed by atoms with Crippen LogP contribution in [0.5, 0.6) is 11.5 Å². The second-order valence-electron chi connectivity index (χ2n) is 6.19. The van der Waals surface area contributed by atoms with Crippen LogP contribution in [0.3, 0.4) is 0 Å². The lowest BCUT2D eigenvalue weighted by Gasteiger charge is -2.41. The maximum atomic E-state index is 10.7. The number of phenols is 1. The normalized spacial score (nSPS) is 20.2. The van der Waals surface area contributed by atoms with Gasteiger partial charge in [0.25, 0.3) is 0 Å². The summed E-state index contributed by atoms with van der Waals surface area (Å²) in [6.45, 7) is 5.38. The predicted octanol–water partition coefficient (Wildman–Crippen LogP) is 3.27. The van der Waals surface area contributed by atoms with Crippen molar-refractivity contribution in [1.29, 1.82) is 0 Å². The Balaban J connectivity index is 0.00000156. The summed E-state index contributed by atoms with van der Waals surface area (Å²) in [5, 5.41) is 14.4. The summed E-state index contributed by atoms with van der Waals surface area (Å²) < 4.78 is 11.1. The number of nitrogens with zero attached hydrogens (tertiary/aromatic N) is 1. The Kier molecular flexibility index (Phi) is 9.64. The van der Waals surface area contributed by atoms with Crippen LogP contribution < -0.4 is 10.1 Å². The van der Waals surface area contributed by atoms with E-state index in [1.165, 1.54) is 0 Å². The first-order chi connectivity index (χ1) is 11.2. The fraction of sp³-hybridized carbons (Fsp3) is 0.647. The van der Waals surface area contributed by atoms with Crippen LogP contribution in [0.15, 0.2) is 12.1 Å². The Bertz CT molecular complexity index is 518. The van der Waals surface area contributed by atoms with Crippen molar-refractivity contribution in [3.05, 3.63) is 22.7 Å². The van der Waals surface area contributed by atoms with Gasteiger partial charge in [0, 0.05) is 45.4 Å². The first-order valence-electron chi connectivity index (χ1n) is 8.30. The lowest BCUT2D eigenvalue weighted by molar-refractivity contribution is 0.0199. The number of halogens is 3. The Hall–Kier alpha value is -0.430. The predicted molar refractivity (Wildman–Crippen MR) is 105 cm³/mol. The second kappa shape index (κ2) is 10.7. The molecule has 144 valence electrons. The van der Waals surface area contributed by atoms with Crippen LogP contribution >= 0.6 is 36.4 Å². The van der Waals surface area contributed by atoms with E-state index in [0.29, 0.717) is 16.7 Å². The SMILES string of the molecule is COc1ccc(Cl)c(O)c1[C@@H](C1CCOCC1)N1CCNCC1.Cl.Cl. The van der Waals surface area contributed by atoms with Crippen LogP contribution in [0.4, 0.5) is 0 Å². The zero-order chi connectivity index (χ0) is 16.2. The molecule has 2 aliphatic rings. The number of rotatable bonds is 4. The van der Waals surface area contributed by atoms with Crippen LogP contribution in [0, 0.1) is 5.92 Å². The zero-order valence-corrected chi connectivity index (χ0v) is 16.8. The van der Waals surface area contributed by atoms with Gasteiger partial charge in [-0.1, -0.05) is 11.6 Å². The summed E-state index contributed by atoms with van der Waals surface area (Å²) in [6, 6.07) is 3.65. The first-order valence-corrected chi connectivity index (χ1v) is 8.68. The standard InChI is InChI=1S/C17H25ClN2O3.2ClH/c1-22-14-3-2-13(18)17(21)15(14)16(12-4-10-23-11-5-12)20-8-6-19-7-9-20;;/h2-3,12,16,19,21H,4-11H2,1H3;2*1H/t16-;;/m1../s1. The molecule has 2 aliphatic heterocycles. The van der Waals surface area contributed by atoms with Crippen LogP contribution in [-0.4, -0.2) is 56.5 Å². The van der Waals surface area contributed by atoms with Crippen LogP contribution in [0.2, 0.25) is 5.02 Å². The number of nitrogens with one attached hydrogen (secondary N) is 1. The highest BCUT2D eigenvalue weighted by Gasteiger charge is 2.35. The van der Waals surface area contributed by atoms with Crippen LogP contribution in [0.25, 0.3) is 0 Å². The highest BCUT2D eigenvalue weighted by molar-refractivity contribution is 6.32. The quantitative estimate of drug-likeness (QED) is 0.793. The molecule has 2 N–H and O–H groups in total. The molecule has 3 rings (SSSR count). The molecule has 25 heavy (non-hydrogen) atoms. The van der Waals surface area contributed by atoms with Crippen molar-refractivity contribution >= 4 is 36.4 Å². The molecule has 0 aromatic heterocycles. The molecule has 2 saturated heterocycles. The number of aromatic hydroxyl groups is 1. The minimum absolute atomic E-state index is 0. The largest absolute Gasteiger partial charge is 0.506 e. The average Bonchev–Trinajstić information content (AvgIpc) is 2.61. The van der Waals surface area contributed by atoms with E-state index in [9.17, 15) is 5.11 Å². The number of benzene rings is 1. The molecule has 1 atom stereocenters. The molecule has 1 aromatic rings. The number of ether oxygens (including phenoxy) is 2. The van der Waals surface area contributed by atoms with Gasteiger partial charge in [0.15, 0.2) is 0 Å². The molecule has 1 aromatic carbocycles. The topological polar surface area (TPSA) is 54.0 Å². The van der Waals surface area contributed by atoms with Gasteiger partial charge in [-0.3, -0.25) is 4.90 Å². The summed E-state index contributed by atoms with van der Waals surface area (Å²) in [4.78, 5) is 2.44. The van der Waals surface area contributed by atoms with E-state index in [1.807, 2.05) is 6.07 Å². The number of hydrogen-bond donors (Lipinski definition) is 2. The smallest absolute Gasteiger partial charge is 0.142 e. The summed E-state index contributed by atoms with van der Waals surface area (Å²) >= 11 is 6.20. The van der Waals surface area contributed by atoms with Gasteiger partial charge in [0.2, 0.25) is 0 Å². The molecule has 0 unspecified atom stereocenters. The molecule has 8 heteroatoms. The van der Waals surface area contributed by atoms with Gasteiger partial charge in [0.1, 0.15) is 11.5 Å². The van der Waals surface area contributed by atoms with E-state index in [2.05, 4.69) is 10.2 Å². The summed E-state index contributed by atoms with van der Waals surface area (Å²) in [7, 11) is 1.64. The third-order valence-electron chi connectivity index (χ3n) is 4.90. The maximum Gasteiger partial charge on any atom is 0.142 e. The molecule has 2 heterocycles. The summed E-state index contributed by atoms with van der Waals surface area (Å²) in [5.74, 6) is 1.29. The van der Waals surface area contributed by atoms with Crippen molar-refractivity contribution in [3.63, 3.8) is 0 Å². The molecule has 5 nitrogen and oxygen atoms in total. The van der Waals surface area contributed by atoms with E-state index >= 15 is 0 Å². The molecule has 0 spiro atoms. The van der Waals surface area contributed by atoms with E-state index < -0.39 is 0 Å². The monoisotopic (exact) mass is 412 g/mol. The zero-order valence-electron chi connectivity index (χ0n) is 14.4. The molecule has 0 amide bonds. The Morgan fingerprint density at radius 1 is 1.24 bits per heavy atom. The number of hydrogen-bond acceptors (Lipinski definition) is 5. The van der Waals surface area contributed by atoms with Crippen molar-refractivity contribution in [1.82, 2.24) is 10.2 Å². The van der Waals surface area contributed by atoms with Gasteiger partial charge >= 0.3 is 0 Å². The van der Waals surface area contributed by atoms with E-state index in [1.54, 1.807) is 13.2 Å². The second-order valence-corrected chi connectivity index (χ2v) is 6.60. The third kappa shape index (κ3) is 5.06. The van der Waals surface area contributed by atoms with Crippen LogP contribution in [-0.2, 0) is 4.74 Å². The van der Waals surface area contributed by atoms with Crippen molar-refractivity contribution < 1.29 is 14.6 Å². The Morgan fingerprint density at radius 2 is 1.88 bits per heavy atom. The Labute approximate surface area is 166 Å².